The average molecular weight is 452 g/mol. The third kappa shape index (κ3) is 4.69. The number of nitrogens with zero attached hydrogens (tertiary/aromatic N) is 4. The average Bonchev–Trinajstić information content (AvgIpc) is 3.22. The Kier molecular flexibility index (Phi) is 3.83. The van der Waals surface area contributed by atoms with Gasteiger partial charge in [0.15, 0.2) is 5.13 Å². The van der Waals surface area contributed by atoms with E-state index in [1.54, 1.807) is 30.4 Å². The van der Waals surface area contributed by atoms with Crippen molar-refractivity contribution in [3.63, 3.8) is 0 Å². The van der Waals surface area contributed by atoms with Crippen LogP contribution in [0.3, 0.4) is 0 Å². The summed E-state index contributed by atoms with van der Waals surface area (Å²) in [7, 11) is 0. The van der Waals surface area contributed by atoms with Gasteiger partial charge in [-0.25, -0.2) is 15.0 Å². The number of thiazole rings is 1. The highest BCUT2D eigenvalue weighted by Gasteiger charge is 2.16. The lowest BCUT2D eigenvalue weighted by Gasteiger charge is -2.28. The zero-order valence-corrected chi connectivity index (χ0v) is 17.4. The van der Waals surface area contributed by atoms with E-state index in [0.29, 0.717) is 15.6 Å². The number of aryl methyl sites for hydroxylation is 2. The molecule has 1 saturated heterocycles. The van der Waals surface area contributed by atoms with Crippen molar-refractivity contribution in [1.29, 1.82) is 0 Å². The van der Waals surface area contributed by atoms with E-state index in [-0.39, 0.29) is 21.7 Å². The summed E-state index contributed by atoms with van der Waals surface area (Å²) in [5.74, 6) is -0.729. The monoisotopic (exact) mass is 451 g/mol. The number of carbonyl (C=O) groups excluding carboxylic acids is 1. The Balaban J connectivity index is 1.63. The standard InChI is InChI=1S/C20H22ClN7OS/c1-12-4-3-5-14(21)18(12)27-19(29)15-11-23-20(30-15)26-16-10-17(25-13(2)24-16)28-8-6-22-7-9-28/h3-5,10-11,22H,6-9H2,1-2H3,(H,27,29)(H,23,24,25,26)/i6D2,7D2,8D2,9D2. The van der Waals surface area contributed by atoms with Gasteiger partial charge < -0.3 is 20.9 Å². The zero-order chi connectivity index (χ0) is 28.3. The van der Waals surface area contributed by atoms with E-state index in [4.69, 9.17) is 22.6 Å². The van der Waals surface area contributed by atoms with Crippen molar-refractivity contribution < 1.29 is 15.8 Å². The molecule has 0 saturated carbocycles. The number of anilines is 4. The van der Waals surface area contributed by atoms with Crippen molar-refractivity contribution in [2.75, 3.05) is 41.5 Å². The second kappa shape index (κ2) is 8.95. The molecule has 0 unspecified atom stereocenters. The fraction of sp³-hybridized carbons (Fsp3) is 0.300. The van der Waals surface area contributed by atoms with E-state index in [9.17, 15) is 4.79 Å². The molecule has 0 bridgehead atoms. The fourth-order valence-corrected chi connectivity index (χ4v) is 3.57. The number of carbonyl (C=O) groups is 1. The van der Waals surface area contributed by atoms with Crippen molar-refractivity contribution in [3.05, 3.63) is 51.7 Å². The number of nitrogens with one attached hydrogen (secondary N) is 3. The number of rotatable bonds is 5. The Labute approximate surface area is 195 Å². The Morgan fingerprint density at radius 2 is 2.10 bits per heavy atom. The number of piperazine rings is 1. The number of amides is 1. The van der Waals surface area contributed by atoms with Gasteiger partial charge in [0.05, 0.1) is 22.4 Å². The maximum atomic E-state index is 12.7. The van der Waals surface area contributed by atoms with Gasteiger partial charge >= 0.3 is 0 Å². The second-order valence-corrected chi connectivity index (χ2v) is 7.57. The molecule has 1 amide bonds. The summed E-state index contributed by atoms with van der Waals surface area (Å²) in [6.07, 6.45) is 1.33. The van der Waals surface area contributed by atoms with Crippen LogP contribution in [-0.4, -0.2) is 46.8 Å². The largest absolute Gasteiger partial charge is 0.354 e. The van der Waals surface area contributed by atoms with Crippen LogP contribution in [0.15, 0.2) is 30.5 Å². The third-order valence-corrected chi connectivity index (χ3v) is 5.17. The topological polar surface area (TPSA) is 95.1 Å². The number of halogens is 1. The highest BCUT2D eigenvalue weighted by atomic mass is 35.5. The normalized spacial score (nSPS) is 24.6. The molecule has 10 heteroatoms. The summed E-state index contributed by atoms with van der Waals surface area (Å²) in [4.78, 5) is 25.7. The van der Waals surface area contributed by atoms with Gasteiger partial charge in [-0.2, -0.15) is 0 Å². The lowest BCUT2D eigenvalue weighted by Crippen LogP contribution is -2.44. The second-order valence-electron chi connectivity index (χ2n) is 6.13. The molecule has 3 aromatic rings. The highest BCUT2D eigenvalue weighted by molar-refractivity contribution is 7.17. The number of hydrogen-bond donors (Lipinski definition) is 3. The van der Waals surface area contributed by atoms with E-state index in [1.807, 2.05) is 0 Å². The molecule has 1 aliphatic heterocycles. The SMILES string of the molecule is [2H]C1([2H])NC([2H])([2H])C([2H])([2H])N(c2cc(Nc3ncc(C(=O)Nc4c(C)cccc4Cl)s3)nc(C)n2)C1([2H])[2H]. The molecule has 1 aliphatic rings. The molecular formula is C20H22ClN7OS. The van der Waals surface area contributed by atoms with Gasteiger partial charge in [-0.15, -0.1) is 0 Å². The molecule has 3 N–H and O–H groups in total. The molecule has 0 spiro atoms. The number of hydrogen-bond acceptors (Lipinski definition) is 8. The number of aromatic nitrogens is 3. The van der Waals surface area contributed by atoms with Gasteiger partial charge in [0.25, 0.3) is 5.91 Å². The minimum absolute atomic E-state index is 0.0435. The minimum Gasteiger partial charge on any atom is -0.354 e. The van der Waals surface area contributed by atoms with Gasteiger partial charge in [0.1, 0.15) is 22.3 Å². The van der Waals surface area contributed by atoms with E-state index in [0.717, 1.165) is 23.0 Å². The first-order chi connectivity index (χ1) is 17.5. The Morgan fingerprint density at radius 1 is 1.30 bits per heavy atom. The van der Waals surface area contributed by atoms with E-state index in [1.165, 1.54) is 13.1 Å². The van der Waals surface area contributed by atoms with Gasteiger partial charge in [-0.3, -0.25) is 4.79 Å². The molecule has 4 rings (SSSR count). The van der Waals surface area contributed by atoms with Crippen molar-refractivity contribution in [3.8, 4) is 0 Å². The Hall–Kier alpha value is -2.75. The Bertz CT molecular complexity index is 1360. The molecule has 0 radical (unpaired) electrons. The molecular weight excluding hydrogens is 422 g/mol. The lowest BCUT2D eigenvalue weighted by atomic mass is 10.2. The molecule has 0 atom stereocenters. The van der Waals surface area contributed by atoms with Crippen molar-refractivity contribution in [2.24, 2.45) is 0 Å². The molecule has 3 heterocycles. The molecule has 0 aliphatic carbocycles. The summed E-state index contributed by atoms with van der Waals surface area (Å²) in [5, 5.41) is 7.99. The summed E-state index contributed by atoms with van der Waals surface area (Å²) in [5.41, 5.74) is 1.25. The van der Waals surface area contributed by atoms with Crippen LogP contribution in [-0.2, 0) is 0 Å². The first-order valence-electron chi connectivity index (χ1n) is 12.7. The van der Waals surface area contributed by atoms with Gasteiger partial charge in [0, 0.05) is 37.5 Å². The van der Waals surface area contributed by atoms with Crippen LogP contribution in [0.4, 0.5) is 22.5 Å². The summed E-state index contributed by atoms with van der Waals surface area (Å²) in [6.45, 7) is -8.81. The first kappa shape index (κ1) is 12.8. The zero-order valence-electron chi connectivity index (χ0n) is 23.9. The number of para-hydroxylation sites is 1. The third-order valence-electron chi connectivity index (χ3n) is 3.94. The minimum atomic E-state index is -3.05. The fourth-order valence-electron chi connectivity index (χ4n) is 2.58. The maximum absolute atomic E-state index is 12.7. The predicted molar refractivity (Wildman–Crippen MR) is 121 cm³/mol. The highest BCUT2D eigenvalue weighted by Crippen LogP contribution is 2.28. The van der Waals surface area contributed by atoms with Crippen LogP contribution in [0.1, 0.15) is 32.0 Å². The Morgan fingerprint density at radius 3 is 2.87 bits per heavy atom. The van der Waals surface area contributed by atoms with Crippen LogP contribution < -0.4 is 20.9 Å². The molecule has 30 heavy (non-hydrogen) atoms. The van der Waals surface area contributed by atoms with Gasteiger partial charge in [0.2, 0.25) is 0 Å². The van der Waals surface area contributed by atoms with Crippen molar-refractivity contribution in [2.45, 2.75) is 13.8 Å². The summed E-state index contributed by atoms with van der Waals surface area (Å²) >= 11 is 7.16. The summed E-state index contributed by atoms with van der Waals surface area (Å²) in [6, 6.07) is 6.36. The van der Waals surface area contributed by atoms with Crippen LogP contribution in [0.25, 0.3) is 0 Å². The first-order valence-corrected chi connectivity index (χ1v) is 9.90. The van der Waals surface area contributed by atoms with Crippen LogP contribution in [0, 0.1) is 13.8 Å². The molecule has 156 valence electrons. The smallest absolute Gasteiger partial charge is 0.267 e. The molecule has 1 fully saturated rings. The van der Waals surface area contributed by atoms with Crippen LogP contribution in [0.5, 0.6) is 0 Å². The number of benzene rings is 1. The van der Waals surface area contributed by atoms with E-state index < -0.39 is 37.7 Å². The molecule has 8 nitrogen and oxygen atoms in total. The van der Waals surface area contributed by atoms with Crippen LogP contribution >= 0.6 is 22.9 Å². The predicted octanol–water partition coefficient (Wildman–Crippen LogP) is 3.61. The molecule has 1 aromatic carbocycles. The van der Waals surface area contributed by atoms with E-state index in [2.05, 4.69) is 25.6 Å². The van der Waals surface area contributed by atoms with Gasteiger partial charge in [-0.05, 0) is 25.5 Å². The van der Waals surface area contributed by atoms with Crippen LogP contribution in [0.2, 0.25) is 5.02 Å². The van der Waals surface area contributed by atoms with E-state index >= 15 is 0 Å². The lowest BCUT2D eigenvalue weighted by molar-refractivity contribution is 0.103. The van der Waals surface area contributed by atoms with Crippen molar-refractivity contribution >= 4 is 51.3 Å². The summed E-state index contributed by atoms with van der Waals surface area (Å²) < 4.78 is 65.2. The molecule has 2 aromatic heterocycles. The van der Waals surface area contributed by atoms with Gasteiger partial charge in [-0.1, -0.05) is 35.1 Å². The quantitative estimate of drug-likeness (QED) is 0.545. The van der Waals surface area contributed by atoms with Crippen molar-refractivity contribution in [1.82, 2.24) is 20.3 Å². The maximum Gasteiger partial charge on any atom is 0.267 e.